The molecule has 3 heteroatoms. The molecule has 1 aromatic rings. The van der Waals surface area contributed by atoms with Crippen molar-refractivity contribution in [3.8, 4) is 17.6 Å². The SMILES string of the molecule is COc1cccc2c1C[C@H](CC#N)O2. The molecule has 0 bridgehead atoms. The average Bonchev–Trinajstić information content (AvgIpc) is 2.60. The van der Waals surface area contributed by atoms with Crippen molar-refractivity contribution < 1.29 is 9.47 Å². The fraction of sp³-hybridized carbons (Fsp3) is 0.364. The van der Waals surface area contributed by atoms with E-state index in [4.69, 9.17) is 14.7 Å². The highest BCUT2D eigenvalue weighted by Crippen LogP contribution is 2.36. The molecule has 1 atom stereocenters. The van der Waals surface area contributed by atoms with E-state index >= 15 is 0 Å². The minimum absolute atomic E-state index is 0.00806. The van der Waals surface area contributed by atoms with Crippen LogP contribution in [-0.4, -0.2) is 13.2 Å². The number of nitrogens with zero attached hydrogens (tertiary/aromatic N) is 1. The number of rotatable bonds is 2. The van der Waals surface area contributed by atoms with Crippen LogP contribution in [0.2, 0.25) is 0 Å². The second-order valence-electron chi connectivity index (χ2n) is 3.24. The van der Waals surface area contributed by atoms with Crippen molar-refractivity contribution in [2.75, 3.05) is 7.11 Å². The fourth-order valence-electron chi connectivity index (χ4n) is 1.71. The van der Waals surface area contributed by atoms with Crippen molar-refractivity contribution in [1.82, 2.24) is 0 Å². The van der Waals surface area contributed by atoms with Crippen molar-refractivity contribution in [3.05, 3.63) is 23.8 Å². The molecule has 1 heterocycles. The Morgan fingerprint density at radius 1 is 1.64 bits per heavy atom. The highest BCUT2D eigenvalue weighted by Gasteiger charge is 2.25. The molecule has 1 aromatic carbocycles. The van der Waals surface area contributed by atoms with E-state index in [-0.39, 0.29) is 6.10 Å². The summed E-state index contributed by atoms with van der Waals surface area (Å²) in [4.78, 5) is 0. The second-order valence-corrected chi connectivity index (χ2v) is 3.24. The maximum atomic E-state index is 8.57. The van der Waals surface area contributed by atoms with Gasteiger partial charge in [0.05, 0.1) is 19.6 Å². The Morgan fingerprint density at radius 3 is 3.21 bits per heavy atom. The summed E-state index contributed by atoms with van der Waals surface area (Å²) in [6, 6.07) is 7.84. The monoisotopic (exact) mass is 189 g/mol. The maximum Gasteiger partial charge on any atom is 0.126 e. The van der Waals surface area contributed by atoms with E-state index < -0.39 is 0 Å². The Labute approximate surface area is 82.9 Å². The molecule has 0 amide bonds. The van der Waals surface area contributed by atoms with Crippen LogP contribution >= 0.6 is 0 Å². The lowest BCUT2D eigenvalue weighted by Crippen LogP contribution is -2.11. The number of benzene rings is 1. The summed E-state index contributed by atoms with van der Waals surface area (Å²) < 4.78 is 10.8. The normalized spacial score (nSPS) is 18.1. The van der Waals surface area contributed by atoms with E-state index in [0.717, 1.165) is 23.5 Å². The summed E-state index contributed by atoms with van der Waals surface area (Å²) in [7, 11) is 1.65. The first kappa shape index (κ1) is 8.89. The lowest BCUT2D eigenvalue weighted by Gasteiger charge is -2.04. The smallest absolute Gasteiger partial charge is 0.126 e. The van der Waals surface area contributed by atoms with Crippen molar-refractivity contribution in [3.63, 3.8) is 0 Å². The van der Waals surface area contributed by atoms with E-state index in [1.54, 1.807) is 7.11 Å². The minimum atomic E-state index is -0.00806. The first-order chi connectivity index (χ1) is 6.85. The molecule has 0 N–H and O–H groups in total. The third-order valence-electron chi connectivity index (χ3n) is 2.35. The van der Waals surface area contributed by atoms with Gasteiger partial charge in [-0.05, 0) is 12.1 Å². The van der Waals surface area contributed by atoms with Crippen LogP contribution in [0.15, 0.2) is 18.2 Å². The summed E-state index contributed by atoms with van der Waals surface area (Å²) in [6.45, 7) is 0. The molecular weight excluding hydrogens is 178 g/mol. The molecule has 3 nitrogen and oxygen atoms in total. The van der Waals surface area contributed by atoms with Gasteiger partial charge in [0, 0.05) is 12.0 Å². The van der Waals surface area contributed by atoms with Gasteiger partial charge in [0.2, 0.25) is 0 Å². The maximum absolute atomic E-state index is 8.57. The fourth-order valence-corrected chi connectivity index (χ4v) is 1.71. The van der Waals surface area contributed by atoms with Crippen molar-refractivity contribution in [2.24, 2.45) is 0 Å². The first-order valence-corrected chi connectivity index (χ1v) is 4.54. The predicted molar refractivity (Wildman–Crippen MR) is 51.3 cm³/mol. The molecule has 72 valence electrons. The zero-order valence-corrected chi connectivity index (χ0v) is 7.99. The number of hydrogen-bond acceptors (Lipinski definition) is 3. The van der Waals surface area contributed by atoms with Gasteiger partial charge in [0.15, 0.2) is 0 Å². The minimum Gasteiger partial charge on any atom is -0.496 e. The Morgan fingerprint density at radius 2 is 2.50 bits per heavy atom. The van der Waals surface area contributed by atoms with Crippen molar-refractivity contribution in [1.29, 1.82) is 5.26 Å². The molecule has 1 aliphatic rings. The summed E-state index contributed by atoms with van der Waals surface area (Å²) in [5.74, 6) is 1.70. The Balaban J connectivity index is 2.26. The molecule has 14 heavy (non-hydrogen) atoms. The van der Waals surface area contributed by atoms with Crippen LogP contribution in [0.25, 0.3) is 0 Å². The van der Waals surface area contributed by atoms with E-state index in [1.807, 2.05) is 18.2 Å². The summed E-state index contributed by atoms with van der Waals surface area (Å²) in [6.07, 6.45) is 1.19. The zero-order valence-electron chi connectivity index (χ0n) is 7.99. The molecular formula is C11H11NO2. The van der Waals surface area contributed by atoms with E-state index in [0.29, 0.717) is 6.42 Å². The van der Waals surface area contributed by atoms with Gasteiger partial charge in [-0.1, -0.05) is 6.07 Å². The summed E-state index contributed by atoms with van der Waals surface area (Å²) in [5, 5.41) is 8.57. The van der Waals surface area contributed by atoms with Crippen LogP contribution in [0.4, 0.5) is 0 Å². The molecule has 0 aromatic heterocycles. The van der Waals surface area contributed by atoms with Crippen LogP contribution in [0.3, 0.4) is 0 Å². The Kier molecular flexibility index (Phi) is 2.28. The Bertz CT molecular complexity index is 381. The summed E-state index contributed by atoms with van der Waals surface area (Å²) in [5.41, 5.74) is 1.08. The lowest BCUT2D eigenvalue weighted by atomic mass is 10.1. The van der Waals surface area contributed by atoms with Gasteiger partial charge < -0.3 is 9.47 Å². The Hall–Kier alpha value is -1.69. The van der Waals surface area contributed by atoms with Gasteiger partial charge in [-0.3, -0.25) is 0 Å². The average molecular weight is 189 g/mol. The van der Waals surface area contributed by atoms with Crippen LogP contribution in [0.5, 0.6) is 11.5 Å². The molecule has 0 fully saturated rings. The van der Waals surface area contributed by atoms with E-state index in [2.05, 4.69) is 6.07 Å². The molecule has 0 saturated carbocycles. The third kappa shape index (κ3) is 1.39. The third-order valence-corrected chi connectivity index (χ3v) is 2.35. The van der Waals surface area contributed by atoms with Crippen LogP contribution in [0, 0.1) is 11.3 Å². The van der Waals surface area contributed by atoms with Gasteiger partial charge in [-0.2, -0.15) is 5.26 Å². The van der Waals surface area contributed by atoms with Crippen molar-refractivity contribution in [2.45, 2.75) is 18.9 Å². The number of methoxy groups -OCH3 is 1. The van der Waals surface area contributed by atoms with Crippen LogP contribution in [0.1, 0.15) is 12.0 Å². The lowest BCUT2D eigenvalue weighted by molar-refractivity contribution is 0.238. The molecule has 0 unspecified atom stereocenters. The predicted octanol–water partition coefficient (Wildman–Crippen LogP) is 1.91. The van der Waals surface area contributed by atoms with Gasteiger partial charge >= 0.3 is 0 Å². The molecule has 0 spiro atoms. The first-order valence-electron chi connectivity index (χ1n) is 4.54. The van der Waals surface area contributed by atoms with Crippen molar-refractivity contribution >= 4 is 0 Å². The molecule has 0 aliphatic carbocycles. The molecule has 0 saturated heterocycles. The van der Waals surface area contributed by atoms with Gasteiger partial charge in [-0.15, -0.1) is 0 Å². The largest absolute Gasteiger partial charge is 0.496 e. The van der Waals surface area contributed by atoms with Gasteiger partial charge in [-0.25, -0.2) is 0 Å². The standard InChI is InChI=1S/C11H11NO2/c1-13-10-3-2-4-11-9(10)7-8(14-11)5-6-12/h2-4,8H,5,7H2,1H3/t8-/m0/s1. The van der Waals surface area contributed by atoms with Gasteiger partial charge in [0.25, 0.3) is 0 Å². The highest BCUT2D eigenvalue weighted by molar-refractivity contribution is 5.47. The summed E-state index contributed by atoms with van der Waals surface area (Å²) >= 11 is 0. The molecule has 2 rings (SSSR count). The number of ether oxygens (including phenoxy) is 2. The second kappa shape index (κ2) is 3.59. The molecule has 1 aliphatic heterocycles. The quantitative estimate of drug-likeness (QED) is 0.713. The van der Waals surface area contributed by atoms with E-state index in [1.165, 1.54) is 0 Å². The van der Waals surface area contributed by atoms with Gasteiger partial charge in [0.1, 0.15) is 17.6 Å². The number of hydrogen-bond donors (Lipinski definition) is 0. The van der Waals surface area contributed by atoms with E-state index in [9.17, 15) is 0 Å². The molecule has 0 radical (unpaired) electrons. The van der Waals surface area contributed by atoms with Crippen LogP contribution < -0.4 is 9.47 Å². The zero-order chi connectivity index (χ0) is 9.97. The topological polar surface area (TPSA) is 42.2 Å². The number of nitriles is 1. The van der Waals surface area contributed by atoms with Crippen LogP contribution in [-0.2, 0) is 6.42 Å². The highest BCUT2D eigenvalue weighted by atomic mass is 16.5. The number of fused-ring (bicyclic) bond motifs is 1.